The number of hydrogen-bond donors (Lipinski definition) is 1. The summed E-state index contributed by atoms with van der Waals surface area (Å²) < 4.78 is 5.41. The Hall–Kier alpha value is -2.77. The van der Waals surface area contributed by atoms with E-state index in [1.165, 1.54) is 0 Å². The molecule has 0 saturated carbocycles. The molecule has 2 aliphatic rings. The summed E-state index contributed by atoms with van der Waals surface area (Å²) in [6.07, 6.45) is 3.71. The number of rotatable bonds is 6. The Labute approximate surface area is 170 Å². The van der Waals surface area contributed by atoms with Crippen LogP contribution in [0.5, 0.6) is 0 Å². The minimum absolute atomic E-state index is 0.00982. The maximum absolute atomic E-state index is 12.9. The Kier molecular flexibility index (Phi) is 6.17. The maximum atomic E-state index is 12.9. The van der Waals surface area contributed by atoms with Crippen LogP contribution in [0.3, 0.4) is 0 Å². The van der Waals surface area contributed by atoms with Gasteiger partial charge in [0.1, 0.15) is 0 Å². The van der Waals surface area contributed by atoms with Gasteiger partial charge in [0, 0.05) is 57.2 Å². The molecular weight excluding hydrogens is 368 g/mol. The van der Waals surface area contributed by atoms with Gasteiger partial charge in [-0.05, 0) is 23.3 Å². The molecule has 29 heavy (non-hydrogen) atoms. The van der Waals surface area contributed by atoms with Crippen molar-refractivity contribution < 1.29 is 14.3 Å². The normalized spacial score (nSPS) is 20.1. The van der Waals surface area contributed by atoms with E-state index in [0.29, 0.717) is 13.1 Å². The van der Waals surface area contributed by atoms with E-state index in [2.05, 4.69) is 15.2 Å². The minimum atomic E-state index is -0.337. The molecule has 2 fully saturated rings. The van der Waals surface area contributed by atoms with Gasteiger partial charge in [-0.2, -0.15) is 0 Å². The van der Waals surface area contributed by atoms with Crippen molar-refractivity contribution in [2.24, 2.45) is 5.92 Å². The number of anilines is 1. The van der Waals surface area contributed by atoms with Gasteiger partial charge in [0.2, 0.25) is 11.8 Å². The van der Waals surface area contributed by atoms with Gasteiger partial charge >= 0.3 is 0 Å². The second-order valence-corrected chi connectivity index (χ2v) is 7.57. The van der Waals surface area contributed by atoms with Crippen molar-refractivity contribution in [3.05, 3.63) is 59.9 Å². The highest BCUT2D eigenvalue weighted by Crippen LogP contribution is 2.24. The highest BCUT2D eigenvalue weighted by atomic mass is 16.5. The second-order valence-electron chi connectivity index (χ2n) is 7.57. The first-order valence-electron chi connectivity index (χ1n) is 10.0. The van der Waals surface area contributed by atoms with Crippen molar-refractivity contribution in [3.8, 4) is 0 Å². The van der Waals surface area contributed by atoms with Crippen molar-refractivity contribution in [2.45, 2.75) is 19.5 Å². The molecule has 1 unspecified atom stereocenters. The molecule has 7 nitrogen and oxygen atoms in total. The molecule has 3 heterocycles. The van der Waals surface area contributed by atoms with Gasteiger partial charge in [0.05, 0.1) is 19.1 Å². The second kappa shape index (κ2) is 9.15. The summed E-state index contributed by atoms with van der Waals surface area (Å²) in [5.41, 5.74) is 2.87. The van der Waals surface area contributed by atoms with Crippen LogP contribution < -0.4 is 5.32 Å². The third-order valence-electron chi connectivity index (χ3n) is 5.45. The molecule has 0 bridgehead atoms. The van der Waals surface area contributed by atoms with Crippen molar-refractivity contribution >= 4 is 17.5 Å². The summed E-state index contributed by atoms with van der Waals surface area (Å²) in [5.74, 6) is -0.423. The van der Waals surface area contributed by atoms with Gasteiger partial charge in [-0.25, -0.2) is 0 Å². The number of aromatic nitrogens is 1. The molecule has 1 aromatic carbocycles. The predicted molar refractivity (Wildman–Crippen MR) is 109 cm³/mol. The number of pyridine rings is 1. The lowest BCUT2D eigenvalue weighted by molar-refractivity contribution is -0.128. The molecule has 2 amide bonds. The average Bonchev–Trinajstić information content (AvgIpc) is 3.11. The van der Waals surface area contributed by atoms with E-state index >= 15 is 0 Å². The summed E-state index contributed by atoms with van der Waals surface area (Å²) in [5, 5.41) is 3.06. The fraction of sp³-hybridized carbons (Fsp3) is 0.409. The topological polar surface area (TPSA) is 74.8 Å². The van der Waals surface area contributed by atoms with Crippen molar-refractivity contribution in [2.75, 3.05) is 38.2 Å². The zero-order valence-electron chi connectivity index (χ0n) is 16.4. The van der Waals surface area contributed by atoms with Crippen LogP contribution in [0.25, 0.3) is 0 Å². The van der Waals surface area contributed by atoms with Crippen LogP contribution in [0.1, 0.15) is 17.5 Å². The Morgan fingerprint density at radius 1 is 1.14 bits per heavy atom. The van der Waals surface area contributed by atoms with Gasteiger partial charge < -0.3 is 15.0 Å². The minimum Gasteiger partial charge on any atom is -0.379 e. The van der Waals surface area contributed by atoms with E-state index in [1.807, 2.05) is 36.4 Å². The number of likely N-dealkylation sites (tertiary alicyclic amines) is 1. The van der Waals surface area contributed by atoms with Gasteiger partial charge in [0.15, 0.2) is 0 Å². The molecule has 4 rings (SSSR count). The molecule has 2 aromatic rings. The quantitative estimate of drug-likeness (QED) is 0.810. The monoisotopic (exact) mass is 394 g/mol. The molecule has 1 atom stereocenters. The number of carbonyl (C=O) groups is 2. The summed E-state index contributed by atoms with van der Waals surface area (Å²) in [6.45, 7) is 4.97. The Bertz CT molecular complexity index is 852. The molecule has 2 saturated heterocycles. The molecule has 1 N–H and O–H groups in total. The lowest BCUT2D eigenvalue weighted by Gasteiger charge is -2.27. The first-order valence-corrected chi connectivity index (χ1v) is 10.0. The van der Waals surface area contributed by atoms with E-state index in [4.69, 9.17) is 4.74 Å². The predicted octanol–water partition coefficient (Wildman–Crippen LogP) is 1.90. The molecule has 152 valence electrons. The zero-order valence-corrected chi connectivity index (χ0v) is 16.4. The number of ether oxygens (including phenoxy) is 1. The Morgan fingerprint density at radius 3 is 2.76 bits per heavy atom. The van der Waals surface area contributed by atoms with Crippen LogP contribution in [0.4, 0.5) is 5.69 Å². The van der Waals surface area contributed by atoms with Crippen LogP contribution in [0.2, 0.25) is 0 Å². The number of amides is 2. The van der Waals surface area contributed by atoms with Crippen molar-refractivity contribution in [3.63, 3.8) is 0 Å². The van der Waals surface area contributed by atoms with Crippen LogP contribution in [0.15, 0.2) is 48.8 Å². The summed E-state index contributed by atoms with van der Waals surface area (Å²) in [4.78, 5) is 33.4. The number of carbonyl (C=O) groups excluding carboxylic acids is 2. The molecule has 7 heteroatoms. The van der Waals surface area contributed by atoms with Crippen molar-refractivity contribution in [1.82, 2.24) is 14.8 Å². The number of nitrogens with zero attached hydrogens (tertiary/aromatic N) is 3. The molecule has 1 aromatic heterocycles. The van der Waals surface area contributed by atoms with Crippen LogP contribution >= 0.6 is 0 Å². The van der Waals surface area contributed by atoms with E-state index in [1.54, 1.807) is 17.3 Å². The van der Waals surface area contributed by atoms with Gasteiger partial charge in [-0.15, -0.1) is 0 Å². The number of nitrogens with one attached hydrogen (secondary N) is 1. The SMILES string of the molecule is O=C(Nc1ccccc1CN1CCOCC1)C1CC(=O)N(Cc2cccnc2)C1. The molecule has 0 aliphatic carbocycles. The number of para-hydroxylation sites is 1. The fourth-order valence-corrected chi connectivity index (χ4v) is 3.83. The lowest BCUT2D eigenvalue weighted by atomic mass is 10.1. The van der Waals surface area contributed by atoms with E-state index < -0.39 is 0 Å². The van der Waals surface area contributed by atoms with Gasteiger partial charge in [-0.1, -0.05) is 24.3 Å². The molecule has 0 spiro atoms. The van der Waals surface area contributed by atoms with Crippen LogP contribution in [0, 0.1) is 5.92 Å². The maximum Gasteiger partial charge on any atom is 0.229 e. The van der Waals surface area contributed by atoms with Crippen LogP contribution in [-0.2, 0) is 27.4 Å². The van der Waals surface area contributed by atoms with Crippen molar-refractivity contribution in [1.29, 1.82) is 0 Å². The third-order valence-corrected chi connectivity index (χ3v) is 5.45. The first-order chi connectivity index (χ1) is 14.2. The lowest BCUT2D eigenvalue weighted by Crippen LogP contribution is -2.36. The van der Waals surface area contributed by atoms with E-state index in [-0.39, 0.29) is 24.2 Å². The number of morpholine rings is 1. The van der Waals surface area contributed by atoms with Gasteiger partial charge in [0.25, 0.3) is 0 Å². The largest absolute Gasteiger partial charge is 0.379 e. The highest BCUT2D eigenvalue weighted by Gasteiger charge is 2.34. The third kappa shape index (κ3) is 4.99. The Balaban J connectivity index is 1.37. The molecular formula is C22H26N4O3. The Morgan fingerprint density at radius 2 is 1.97 bits per heavy atom. The fourth-order valence-electron chi connectivity index (χ4n) is 3.83. The molecule has 2 aliphatic heterocycles. The average molecular weight is 394 g/mol. The van der Waals surface area contributed by atoms with E-state index in [9.17, 15) is 9.59 Å². The van der Waals surface area contributed by atoms with Gasteiger partial charge in [-0.3, -0.25) is 19.5 Å². The standard InChI is InChI=1S/C22H26N4O3/c27-21-12-19(16-26(21)14-17-4-3-7-23-13-17)22(28)24-20-6-2-1-5-18(20)15-25-8-10-29-11-9-25/h1-7,13,19H,8-12,14-16H2,(H,24,28). The smallest absolute Gasteiger partial charge is 0.229 e. The summed E-state index contributed by atoms with van der Waals surface area (Å²) >= 11 is 0. The summed E-state index contributed by atoms with van der Waals surface area (Å²) in [7, 11) is 0. The molecule has 0 radical (unpaired) electrons. The first kappa shape index (κ1) is 19.5. The number of benzene rings is 1. The zero-order chi connectivity index (χ0) is 20.1. The van der Waals surface area contributed by atoms with Crippen LogP contribution in [-0.4, -0.2) is 59.4 Å². The number of hydrogen-bond acceptors (Lipinski definition) is 5. The summed E-state index contributed by atoms with van der Waals surface area (Å²) in [6, 6.07) is 11.7. The highest BCUT2D eigenvalue weighted by molar-refractivity contribution is 5.97. The van der Waals surface area contributed by atoms with E-state index in [0.717, 1.165) is 49.7 Å².